The molecule has 1 rings (SSSR count). The highest BCUT2D eigenvalue weighted by Gasteiger charge is 2.23. The smallest absolute Gasteiger partial charge is 0.262 e. The Balaban J connectivity index is 2.61. The van der Waals surface area contributed by atoms with Crippen LogP contribution >= 0.6 is 39.5 Å². The van der Waals surface area contributed by atoms with Gasteiger partial charge in [0.05, 0.1) is 4.99 Å². The molecule has 1 aromatic rings. The lowest BCUT2D eigenvalue weighted by molar-refractivity contribution is 0.0948. The number of halogens is 1. The molecule has 0 saturated heterocycles. The number of carbonyl (C=O) groups is 1. The minimum atomic E-state index is -0.366. The first-order chi connectivity index (χ1) is 7.34. The Labute approximate surface area is 113 Å². The number of amides is 1. The highest BCUT2D eigenvalue weighted by atomic mass is 79.9. The molecule has 0 unspecified atom stereocenters. The van der Waals surface area contributed by atoms with Crippen molar-refractivity contribution in [2.24, 2.45) is 11.1 Å². The third-order valence-electron chi connectivity index (χ3n) is 2.18. The second-order valence-electron chi connectivity index (χ2n) is 4.03. The Kier molecular flexibility index (Phi) is 4.46. The van der Waals surface area contributed by atoms with Crippen molar-refractivity contribution >= 4 is 50.4 Å². The molecule has 0 fully saturated rings. The molecule has 0 saturated carbocycles. The zero-order valence-corrected chi connectivity index (χ0v) is 12.3. The summed E-state index contributed by atoms with van der Waals surface area (Å²) in [6, 6.07) is 1.85. The van der Waals surface area contributed by atoms with Gasteiger partial charge < -0.3 is 11.1 Å². The van der Waals surface area contributed by atoms with Gasteiger partial charge in [-0.2, -0.15) is 0 Å². The lowest BCUT2D eigenvalue weighted by Crippen LogP contribution is -2.41. The van der Waals surface area contributed by atoms with E-state index in [1.807, 2.05) is 25.3 Å². The van der Waals surface area contributed by atoms with Crippen LogP contribution in [0, 0.1) is 5.41 Å². The maximum atomic E-state index is 11.8. The standard InChI is InChI=1S/C10H13BrN2OS2/c1-10(2,9(12)15)5-13-8(14)7-6(11)3-4-16-7/h3-4H,5H2,1-2H3,(H2,12,15)(H,13,14). The van der Waals surface area contributed by atoms with Crippen molar-refractivity contribution in [2.75, 3.05) is 6.54 Å². The number of hydrogen-bond acceptors (Lipinski definition) is 3. The van der Waals surface area contributed by atoms with E-state index in [0.29, 0.717) is 16.4 Å². The van der Waals surface area contributed by atoms with Gasteiger partial charge in [-0.15, -0.1) is 11.3 Å². The summed E-state index contributed by atoms with van der Waals surface area (Å²) in [4.78, 5) is 12.8. The summed E-state index contributed by atoms with van der Waals surface area (Å²) < 4.78 is 0.808. The van der Waals surface area contributed by atoms with Crippen LogP contribution in [0.5, 0.6) is 0 Å². The highest BCUT2D eigenvalue weighted by Crippen LogP contribution is 2.22. The summed E-state index contributed by atoms with van der Waals surface area (Å²) >= 11 is 9.64. The van der Waals surface area contributed by atoms with Gasteiger partial charge in [-0.1, -0.05) is 26.1 Å². The predicted octanol–water partition coefficient (Wildman–Crippen LogP) is 2.55. The van der Waals surface area contributed by atoms with E-state index in [2.05, 4.69) is 21.2 Å². The Bertz CT molecular complexity index is 415. The van der Waals surface area contributed by atoms with E-state index in [4.69, 9.17) is 18.0 Å². The summed E-state index contributed by atoms with van der Waals surface area (Å²) in [5.41, 5.74) is 5.21. The molecule has 3 nitrogen and oxygen atoms in total. The normalized spacial score (nSPS) is 11.2. The van der Waals surface area contributed by atoms with E-state index in [-0.39, 0.29) is 11.3 Å². The van der Waals surface area contributed by atoms with E-state index in [1.165, 1.54) is 11.3 Å². The number of thiocarbonyl (C=S) groups is 1. The van der Waals surface area contributed by atoms with Gasteiger partial charge in [0.25, 0.3) is 5.91 Å². The fourth-order valence-electron chi connectivity index (χ4n) is 0.924. The molecular weight excluding hydrogens is 308 g/mol. The van der Waals surface area contributed by atoms with Crippen LogP contribution in [0.3, 0.4) is 0 Å². The van der Waals surface area contributed by atoms with Gasteiger partial charge in [-0.05, 0) is 27.4 Å². The summed E-state index contributed by atoms with van der Waals surface area (Å²) in [6.07, 6.45) is 0. The molecule has 0 bridgehead atoms. The average molecular weight is 321 g/mol. The number of hydrogen-bond donors (Lipinski definition) is 2. The van der Waals surface area contributed by atoms with Crippen LogP contribution in [0.4, 0.5) is 0 Å². The molecule has 88 valence electrons. The van der Waals surface area contributed by atoms with E-state index in [0.717, 1.165) is 4.47 Å². The summed E-state index contributed by atoms with van der Waals surface area (Å²) in [5.74, 6) is -0.105. The van der Waals surface area contributed by atoms with Gasteiger partial charge in [0.2, 0.25) is 0 Å². The van der Waals surface area contributed by atoms with Crippen LogP contribution in [-0.2, 0) is 0 Å². The van der Waals surface area contributed by atoms with Gasteiger partial charge >= 0.3 is 0 Å². The minimum Gasteiger partial charge on any atom is -0.393 e. The lowest BCUT2D eigenvalue weighted by atomic mass is 9.94. The number of nitrogens with one attached hydrogen (secondary N) is 1. The third kappa shape index (κ3) is 3.26. The molecule has 1 amide bonds. The SMILES string of the molecule is CC(C)(CNC(=O)c1sccc1Br)C(N)=S. The summed E-state index contributed by atoms with van der Waals surface area (Å²) in [7, 11) is 0. The van der Waals surface area contributed by atoms with Crippen molar-refractivity contribution in [3.8, 4) is 0 Å². The largest absolute Gasteiger partial charge is 0.393 e. The third-order valence-corrected chi connectivity index (χ3v) is 4.57. The fourth-order valence-corrected chi connectivity index (χ4v) is 2.46. The van der Waals surface area contributed by atoms with Crippen molar-refractivity contribution < 1.29 is 4.79 Å². The van der Waals surface area contributed by atoms with Crippen molar-refractivity contribution in [3.05, 3.63) is 20.8 Å². The zero-order chi connectivity index (χ0) is 12.3. The van der Waals surface area contributed by atoms with Crippen molar-refractivity contribution in [2.45, 2.75) is 13.8 Å². The maximum absolute atomic E-state index is 11.8. The molecule has 0 spiro atoms. The monoisotopic (exact) mass is 320 g/mol. The van der Waals surface area contributed by atoms with E-state index in [9.17, 15) is 4.79 Å². The van der Waals surface area contributed by atoms with Crippen LogP contribution < -0.4 is 11.1 Å². The molecular formula is C10H13BrN2OS2. The van der Waals surface area contributed by atoms with Crippen molar-refractivity contribution in [1.29, 1.82) is 0 Å². The molecule has 0 aliphatic rings. The number of nitrogens with two attached hydrogens (primary N) is 1. The number of rotatable bonds is 4. The molecule has 0 radical (unpaired) electrons. The van der Waals surface area contributed by atoms with Crippen LogP contribution in [-0.4, -0.2) is 17.4 Å². The van der Waals surface area contributed by atoms with Crippen molar-refractivity contribution in [3.63, 3.8) is 0 Å². The highest BCUT2D eigenvalue weighted by molar-refractivity contribution is 9.10. The molecule has 0 aliphatic heterocycles. The van der Waals surface area contributed by atoms with Crippen molar-refractivity contribution in [1.82, 2.24) is 5.32 Å². The first kappa shape index (κ1) is 13.6. The molecule has 0 aliphatic carbocycles. The van der Waals surface area contributed by atoms with E-state index >= 15 is 0 Å². The molecule has 16 heavy (non-hydrogen) atoms. The van der Waals surface area contributed by atoms with Gasteiger partial charge in [0.15, 0.2) is 0 Å². The van der Waals surface area contributed by atoms with Gasteiger partial charge in [-0.25, -0.2) is 0 Å². The first-order valence-electron chi connectivity index (χ1n) is 4.65. The van der Waals surface area contributed by atoms with E-state index < -0.39 is 0 Å². The lowest BCUT2D eigenvalue weighted by Gasteiger charge is -2.23. The number of carbonyl (C=O) groups excluding carboxylic acids is 1. The summed E-state index contributed by atoms with van der Waals surface area (Å²) in [6.45, 7) is 4.24. The topological polar surface area (TPSA) is 55.1 Å². The van der Waals surface area contributed by atoms with Crippen LogP contribution in [0.15, 0.2) is 15.9 Å². The number of thiophene rings is 1. The quantitative estimate of drug-likeness (QED) is 0.838. The molecule has 1 aromatic heterocycles. The first-order valence-corrected chi connectivity index (χ1v) is 6.74. The van der Waals surface area contributed by atoms with Crippen LogP contribution in [0.25, 0.3) is 0 Å². The summed E-state index contributed by atoms with van der Waals surface area (Å²) in [5, 5.41) is 4.68. The molecule has 3 N–H and O–H groups in total. The maximum Gasteiger partial charge on any atom is 0.262 e. The fraction of sp³-hybridized carbons (Fsp3) is 0.400. The van der Waals surface area contributed by atoms with E-state index in [1.54, 1.807) is 0 Å². The molecule has 1 heterocycles. The zero-order valence-electron chi connectivity index (χ0n) is 9.04. The Morgan fingerprint density at radius 3 is 2.75 bits per heavy atom. The average Bonchev–Trinajstić information content (AvgIpc) is 2.61. The van der Waals surface area contributed by atoms with Gasteiger partial charge in [0, 0.05) is 16.4 Å². The predicted molar refractivity (Wildman–Crippen MR) is 74.9 cm³/mol. The van der Waals surface area contributed by atoms with Crippen LogP contribution in [0.1, 0.15) is 23.5 Å². The Morgan fingerprint density at radius 2 is 2.31 bits per heavy atom. The Morgan fingerprint density at radius 1 is 1.69 bits per heavy atom. The second-order valence-corrected chi connectivity index (χ2v) is 6.24. The molecule has 0 aromatic carbocycles. The second kappa shape index (κ2) is 5.25. The molecule has 0 atom stereocenters. The van der Waals surface area contributed by atoms with Gasteiger partial charge in [0.1, 0.15) is 4.88 Å². The molecule has 6 heteroatoms. The van der Waals surface area contributed by atoms with Crippen LogP contribution in [0.2, 0.25) is 0 Å². The van der Waals surface area contributed by atoms with Gasteiger partial charge in [-0.3, -0.25) is 4.79 Å². The Hall–Kier alpha value is -0.460. The minimum absolute atomic E-state index is 0.105.